The molecule has 1 aliphatic rings. The Labute approximate surface area is 102 Å². The molecule has 16 heavy (non-hydrogen) atoms. The Balaban J connectivity index is 2.04. The summed E-state index contributed by atoms with van der Waals surface area (Å²) >= 11 is 6.53. The maximum absolute atomic E-state index is 4.86. The number of aromatic nitrogens is 1. The van der Waals surface area contributed by atoms with Crippen LogP contribution in [-0.2, 0) is 0 Å². The second-order valence-electron chi connectivity index (χ2n) is 3.38. The summed E-state index contributed by atoms with van der Waals surface area (Å²) in [5.74, 6) is 0.0594. The fourth-order valence-corrected chi connectivity index (χ4v) is 2.63. The molecule has 0 fully saturated rings. The van der Waals surface area contributed by atoms with Gasteiger partial charge in [0.2, 0.25) is 5.11 Å². The minimum absolute atomic E-state index is 0.0594. The Morgan fingerprint density at radius 1 is 1.12 bits per heavy atom. The molecule has 3 nitrogen and oxygen atoms in total. The Bertz CT molecular complexity index is 563. The number of aliphatic imine (C=N–C) groups is 2. The van der Waals surface area contributed by atoms with Crippen molar-refractivity contribution >= 4 is 51.3 Å². The molecular weight excluding hydrogens is 238 g/mol. The fourth-order valence-electron chi connectivity index (χ4n) is 1.52. The molecule has 0 bridgehead atoms. The zero-order valence-electron chi connectivity index (χ0n) is 8.20. The van der Waals surface area contributed by atoms with Crippen LogP contribution in [0.25, 0.3) is 10.2 Å². The largest absolute Gasteiger partial charge is 0.240 e. The van der Waals surface area contributed by atoms with Gasteiger partial charge in [0, 0.05) is 12.4 Å². The topological polar surface area (TPSA) is 37.6 Å². The molecule has 78 valence electrons. The summed E-state index contributed by atoms with van der Waals surface area (Å²) in [6, 6.07) is 8.09. The van der Waals surface area contributed by atoms with E-state index in [9.17, 15) is 0 Å². The highest BCUT2D eigenvalue weighted by Crippen LogP contribution is 2.26. The summed E-state index contributed by atoms with van der Waals surface area (Å²) in [5.41, 5.74) is 1.03. The molecule has 0 N–H and O–H groups in total. The van der Waals surface area contributed by atoms with Crippen LogP contribution in [0.1, 0.15) is 10.9 Å². The quantitative estimate of drug-likeness (QED) is 0.724. The molecule has 0 spiro atoms. The number of fused-ring (bicyclic) bond motifs is 1. The molecule has 0 saturated heterocycles. The summed E-state index contributed by atoms with van der Waals surface area (Å²) in [6.45, 7) is 0. The molecule has 1 aliphatic heterocycles. The molecule has 1 aromatic heterocycles. The average molecular weight is 245 g/mol. The summed E-state index contributed by atoms with van der Waals surface area (Å²) in [5, 5.41) is 1.40. The highest BCUT2D eigenvalue weighted by molar-refractivity contribution is 7.80. The molecule has 2 aromatic rings. The van der Waals surface area contributed by atoms with Crippen LogP contribution in [0, 0.1) is 0 Å². The molecule has 0 atom stereocenters. The first-order valence-electron chi connectivity index (χ1n) is 4.81. The Hall–Kier alpha value is -1.46. The zero-order valence-corrected chi connectivity index (χ0v) is 9.83. The van der Waals surface area contributed by atoms with Gasteiger partial charge in [-0.05, 0) is 24.4 Å². The van der Waals surface area contributed by atoms with Crippen LogP contribution in [-0.4, -0.2) is 22.5 Å². The van der Waals surface area contributed by atoms with E-state index in [0.29, 0.717) is 5.11 Å². The van der Waals surface area contributed by atoms with E-state index in [-0.39, 0.29) is 5.92 Å². The van der Waals surface area contributed by atoms with Gasteiger partial charge in [0.05, 0.1) is 16.1 Å². The van der Waals surface area contributed by atoms with Crippen molar-refractivity contribution in [2.75, 3.05) is 0 Å². The van der Waals surface area contributed by atoms with Crippen LogP contribution in [0.2, 0.25) is 0 Å². The predicted octanol–water partition coefficient (Wildman–Crippen LogP) is 2.82. The van der Waals surface area contributed by atoms with Crippen LogP contribution in [0.15, 0.2) is 34.3 Å². The van der Waals surface area contributed by atoms with Gasteiger partial charge in [0.1, 0.15) is 5.01 Å². The number of thiocarbonyl (C=S) groups is 1. The SMILES string of the molecule is S=C1N=CC(c2nc3ccccc3s2)C=N1. The molecular formula is C11H7N3S2. The van der Waals surface area contributed by atoms with Gasteiger partial charge >= 0.3 is 0 Å². The molecule has 0 amide bonds. The minimum atomic E-state index is 0.0594. The highest BCUT2D eigenvalue weighted by Gasteiger charge is 2.14. The van der Waals surface area contributed by atoms with E-state index in [1.807, 2.05) is 18.2 Å². The van der Waals surface area contributed by atoms with Crippen molar-refractivity contribution in [3.05, 3.63) is 29.3 Å². The Kier molecular flexibility index (Phi) is 2.34. The number of benzene rings is 1. The second kappa shape index (κ2) is 3.84. The molecule has 0 saturated carbocycles. The summed E-state index contributed by atoms with van der Waals surface area (Å²) < 4.78 is 1.19. The van der Waals surface area contributed by atoms with Gasteiger partial charge in [-0.3, -0.25) is 0 Å². The Morgan fingerprint density at radius 2 is 1.88 bits per heavy atom. The van der Waals surface area contributed by atoms with E-state index < -0.39 is 0 Å². The average Bonchev–Trinajstić information content (AvgIpc) is 2.73. The third-order valence-corrected chi connectivity index (χ3v) is 3.64. The number of nitrogens with zero attached hydrogens (tertiary/aromatic N) is 3. The van der Waals surface area contributed by atoms with E-state index in [2.05, 4.69) is 21.0 Å². The van der Waals surface area contributed by atoms with Crippen molar-refractivity contribution < 1.29 is 0 Å². The fraction of sp³-hybridized carbons (Fsp3) is 0.0909. The van der Waals surface area contributed by atoms with E-state index in [1.54, 1.807) is 23.8 Å². The normalized spacial score (nSPS) is 16.1. The van der Waals surface area contributed by atoms with E-state index in [0.717, 1.165) is 10.5 Å². The lowest BCUT2D eigenvalue weighted by molar-refractivity contribution is 1.19. The van der Waals surface area contributed by atoms with Crippen LogP contribution < -0.4 is 0 Å². The maximum atomic E-state index is 4.86. The standard InChI is InChI=1S/C11H7N3S2/c15-11-12-5-7(6-13-11)10-14-8-3-1-2-4-9(8)16-10/h1-7H. The first kappa shape index (κ1) is 9.74. The van der Waals surface area contributed by atoms with Crippen LogP contribution >= 0.6 is 23.6 Å². The van der Waals surface area contributed by atoms with Gasteiger partial charge in [-0.15, -0.1) is 11.3 Å². The van der Waals surface area contributed by atoms with Gasteiger partial charge in [-0.1, -0.05) is 12.1 Å². The molecule has 1 aromatic carbocycles. The molecule has 5 heteroatoms. The summed E-state index contributed by atoms with van der Waals surface area (Å²) in [7, 11) is 0. The predicted molar refractivity (Wildman–Crippen MR) is 71.9 cm³/mol. The van der Waals surface area contributed by atoms with Crippen LogP contribution in [0.5, 0.6) is 0 Å². The molecule has 2 heterocycles. The van der Waals surface area contributed by atoms with E-state index in [4.69, 9.17) is 12.2 Å². The number of hydrogen-bond acceptors (Lipinski definition) is 3. The molecule has 0 unspecified atom stereocenters. The third kappa shape index (κ3) is 1.68. The van der Waals surface area contributed by atoms with Crippen LogP contribution in [0.4, 0.5) is 0 Å². The van der Waals surface area contributed by atoms with Crippen molar-refractivity contribution in [1.29, 1.82) is 0 Å². The van der Waals surface area contributed by atoms with Crippen molar-refractivity contribution in [1.82, 2.24) is 4.98 Å². The second-order valence-corrected chi connectivity index (χ2v) is 4.81. The number of para-hydroxylation sites is 1. The van der Waals surface area contributed by atoms with Gasteiger partial charge in [0.25, 0.3) is 0 Å². The monoisotopic (exact) mass is 245 g/mol. The highest BCUT2D eigenvalue weighted by atomic mass is 32.1. The lowest BCUT2D eigenvalue weighted by Gasteiger charge is -2.04. The lowest BCUT2D eigenvalue weighted by Crippen LogP contribution is -2.08. The molecule has 3 rings (SSSR count). The smallest absolute Gasteiger partial charge is 0.218 e. The van der Waals surface area contributed by atoms with Gasteiger partial charge in [-0.2, -0.15) is 0 Å². The van der Waals surface area contributed by atoms with E-state index in [1.165, 1.54) is 4.70 Å². The molecule has 0 aliphatic carbocycles. The first-order valence-corrected chi connectivity index (χ1v) is 6.03. The molecule has 0 radical (unpaired) electrons. The zero-order chi connectivity index (χ0) is 11.0. The van der Waals surface area contributed by atoms with Crippen molar-refractivity contribution in [2.24, 2.45) is 9.98 Å². The van der Waals surface area contributed by atoms with Gasteiger partial charge < -0.3 is 0 Å². The summed E-state index contributed by atoms with van der Waals surface area (Å²) in [6.07, 6.45) is 3.60. The van der Waals surface area contributed by atoms with Crippen molar-refractivity contribution in [3.63, 3.8) is 0 Å². The lowest BCUT2D eigenvalue weighted by atomic mass is 10.2. The third-order valence-electron chi connectivity index (χ3n) is 2.29. The maximum Gasteiger partial charge on any atom is 0.218 e. The van der Waals surface area contributed by atoms with Crippen molar-refractivity contribution in [2.45, 2.75) is 5.92 Å². The first-order chi connectivity index (χ1) is 7.83. The van der Waals surface area contributed by atoms with Gasteiger partial charge in [-0.25, -0.2) is 15.0 Å². The van der Waals surface area contributed by atoms with Crippen molar-refractivity contribution in [3.8, 4) is 0 Å². The minimum Gasteiger partial charge on any atom is -0.240 e. The number of rotatable bonds is 1. The van der Waals surface area contributed by atoms with E-state index >= 15 is 0 Å². The summed E-state index contributed by atoms with van der Waals surface area (Å²) in [4.78, 5) is 12.6. The number of thiazole rings is 1. The van der Waals surface area contributed by atoms with Gasteiger partial charge in [0.15, 0.2) is 0 Å². The Morgan fingerprint density at radius 3 is 2.62 bits per heavy atom. The number of hydrogen-bond donors (Lipinski definition) is 0. The van der Waals surface area contributed by atoms with Crippen LogP contribution in [0.3, 0.4) is 0 Å².